The summed E-state index contributed by atoms with van der Waals surface area (Å²) in [6.45, 7) is 3.11. The van der Waals surface area contributed by atoms with Crippen LogP contribution < -0.4 is 0 Å². The number of hydrogen-bond donors (Lipinski definition) is 1. The molecule has 0 bridgehead atoms. The van der Waals surface area contributed by atoms with Gasteiger partial charge in [-0.15, -0.1) is 12.4 Å². The van der Waals surface area contributed by atoms with E-state index in [2.05, 4.69) is 0 Å². The van der Waals surface area contributed by atoms with Gasteiger partial charge in [-0.3, -0.25) is 9.69 Å². The van der Waals surface area contributed by atoms with Crippen LogP contribution in [0.5, 0.6) is 0 Å². The van der Waals surface area contributed by atoms with E-state index >= 15 is 0 Å². The summed E-state index contributed by atoms with van der Waals surface area (Å²) < 4.78 is 25.4. The smallest absolute Gasteiger partial charge is 0.317 e. The Balaban J connectivity index is 0.00000288. The van der Waals surface area contributed by atoms with Gasteiger partial charge < -0.3 is 5.11 Å². The van der Waals surface area contributed by atoms with Crippen molar-refractivity contribution in [3.05, 3.63) is 35.9 Å². The first-order chi connectivity index (χ1) is 10.9. The van der Waals surface area contributed by atoms with E-state index in [1.807, 2.05) is 35.2 Å². The van der Waals surface area contributed by atoms with Crippen molar-refractivity contribution >= 4 is 28.4 Å². The molecule has 1 aromatic carbocycles. The zero-order chi connectivity index (χ0) is 16.9. The summed E-state index contributed by atoms with van der Waals surface area (Å²) >= 11 is 0. The normalized spacial score (nSPS) is 16.8. The lowest BCUT2D eigenvalue weighted by Gasteiger charge is -2.37. The maximum Gasteiger partial charge on any atom is 0.317 e. The van der Waals surface area contributed by atoms with Gasteiger partial charge in [0.1, 0.15) is 0 Å². The lowest BCUT2D eigenvalue weighted by molar-refractivity contribution is -0.139. The summed E-state index contributed by atoms with van der Waals surface area (Å²) in [5.41, 5.74) is 1.07. The first-order valence-corrected chi connectivity index (χ1v) is 9.51. The van der Waals surface area contributed by atoms with E-state index in [4.69, 9.17) is 5.11 Å². The molecule has 1 saturated heterocycles. The molecule has 136 valence electrons. The van der Waals surface area contributed by atoms with Gasteiger partial charge in [-0.05, 0) is 25.3 Å². The Morgan fingerprint density at radius 1 is 1.25 bits per heavy atom. The van der Waals surface area contributed by atoms with E-state index in [9.17, 15) is 13.2 Å². The maximum atomic E-state index is 11.9. The molecule has 0 amide bonds. The summed E-state index contributed by atoms with van der Waals surface area (Å²) in [4.78, 5) is 13.1. The molecular weight excluding hydrogens is 352 g/mol. The number of sulfonamides is 1. The third-order valence-corrected chi connectivity index (χ3v) is 6.15. The molecule has 0 saturated carbocycles. The van der Waals surface area contributed by atoms with Crippen molar-refractivity contribution in [2.45, 2.75) is 32.4 Å². The Labute approximate surface area is 149 Å². The minimum Gasteiger partial charge on any atom is -0.480 e. The number of carboxylic acids is 1. The maximum absolute atomic E-state index is 11.9. The van der Waals surface area contributed by atoms with Gasteiger partial charge in [-0.25, -0.2) is 12.7 Å². The van der Waals surface area contributed by atoms with Crippen LogP contribution in [0.4, 0.5) is 0 Å². The molecule has 24 heavy (non-hydrogen) atoms. The number of halogens is 1. The number of aliphatic carboxylic acids is 1. The number of benzene rings is 1. The van der Waals surface area contributed by atoms with Gasteiger partial charge in [0.2, 0.25) is 10.0 Å². The Morgan fingerprint density at radius 2 is 1.83 bits per heavy atom. The average molecular weight is 377 g/mol. The second kappa shape index (κ2) is 9.36. The molecule has 2 rings (SSSR count). The highest BCUT2D eigenvalue weighted by Crippen LogP contribution is 2.21. The summed E-state index contributed by atoms with van der Waals surface area (Å²) in [5, 5.41) is 9.16. The van der Waals surface area contributed by atoms with Crippen LogP contribution >= 0.6 is 12.4 Å². The van der Waals surface area contributed by atoms with Gasteiger partial charge in [-0.1, -0.05) is 30.3 Å². The van der Waals surface area contributed by atoms with E-state index in [1.54, 1.807) is 6.92 Å². The van der Waals surface area contributed by atoms with Gasteiger partial charge in [0, 0.05) is 25.7 Å². The first-order valence-electron chi connectivity index (χ1n) is 7.90. The van der Waals surface area contributed by atoms with Crippen LogP contribution in [0.15, 0.2) is 30.3 Å². The number of nitrogens with zero attached hydrogens (tertiary/aromatic N) is 2. The second-order valence-electron chi connectivity index (χ2n) is 5.82. The second-order valence-corrected chi connectivity index (χ2v) is 8.07. The van der Waals surface area contributed by atoms with Crippen LogP contribution in [0.25, 0.3) is 0 Å². The van der Waals surface area contributed by atoms with Crippen LogP contribution in [0.1, 0.15) is 25.3 Å². The Hall–Kier alpha value is -1.15. The monoisotopic (exact) mass is 376 g/mol. The molecule has 1 N–H and O–H groups in total. The Bertz CT molecular complexity index is 616. The van der Waals surface area contributed by atoms with Gasteiger partial charge in [-0.2, -0.15) is 0 Å². The highest BCUT2D eigenvalue weighted by atomic mass is 35.5. The fourth-order valence-corrected chi connectivity index (χ4v) is 4.11. The lowest BCUT2D eigenvalue weighted by Crippen LogP contribution is -2.48. The highest BCUT2D eigenvalue weighted by molar-refractivity contribution is 7.89. The fraction of sp³-hybridized carbons (Fsp3) is 0.562. The SMILES string of the molecule is CCS(=O)(=O)N1CCC(N(CC(=O)O)Cc2ccccc2)CC1.Cl. The van der Waals surface area contributed by atoms with Crippen LogP contribution in [-0.2, 0) is 21.4 Å². The molecule has 6 nitrogen and oxygen atoms in total. The van der Waals surface area contributed by atoms with Crippen LogP contribution in [0.2, 0.25) is 0 Å². The van der Waals surface area contributed by atoms with E-state index in [0.717, 1.165) is 5.56 Å². The largest absolute Gasteiger partial charge is 0.480 e. The molecule has 1 aliphatic heterocycles. The highest BCUT2D eigenvalue weighted by Gasteiger charge is 2.30. The molecule has 0 spiro atoms. The summed E-state index contributed by atoms with van der Waals surface area (Å²) in [5.74, 6) is -0.745. The van der Waals surface area contributed by atoms with E-state index < -0.39 is 16.0 Å². The molecule has 0 unspecified atom stereocenters. The van der Waals surface area contributed by atoms with Gasteiger partial charge in [0.25, 0.3) is 0 Å². The molecule has 0 aromatic heterocycles. The molecule has 8 heteroatoms. The van der Waals surface area contributed by atoms with Crippen molar-refractivity contribution in [2.24, 2.45) is 0 Å². The summed E-state index contributed by atoms with van der Waals surface area (Å²) in [7, 11) is -3.15. The van der Waals surface area contributed by atoms with Crippen molar-refractivity contribution in [2.75, 3.05) is 25.4 Å². The minimum atomic E-state index is -3.15. The number of carboxylic acid groups (broad SMARTS) is 1. The number of rotatable bonds is 7. The molecule has 1 aromatic rings. The third-order valence-electron chi connectivity index (χ3n) is 4.26. The molecule has 0 aliphatic carbocycles. The molecule has 1 fully saturated rings. The topological polar surface area (TPSA) is 77.9 Å². The Kier molecular flexibility index (Phi) is 8.15. The minimum absolute atomic E-state index is 0. The van der Waals surface area contributed by atoms with Gasteiger partial charge in [0.15, 0.2) is 0 Å². The van der Waals surface area contributed by atoms with E-state index in [-0.39, 0.29) is 30.7 Å². The summed E-state index contributed by atoms with van der Waals surface area (Å²) in [6, 6.07) is 9.85. The fourth-order valence-electron chi connectivity index (χ4n) is 2.97. The van der Waals surface area contributed by atoms with Crippen molar-refractivity contribution in [1.29, 1.82) is 0 Å². The van der Waals surface area contributed by atoms with Crippen LogP contribution in [0, 0.1) is 0 Å². The number of piperidine rings is 1. The van der Waals surface area contributed by atoms with Crippen LogP contribution in [0.3, 0.4) is 0 Å². The molecule has 0 atom stereocenters. The molecular formula is C16H25ClN2O4S. The van der Waals surface area contributed by atoms with Crippen molar-refractivity contribution in [3.63, 3.8) is 0 Å². The van der Waals surface area contributed by atoms with Crippen molar-refractivity contribution < 1.29 is 18.3 Å². The number of hydrogen-bond acceptors (Lipinski definition) is 4. The predicted molar refractivity (Wildman–Crippen MR) is 95.8 cm³/mol. The molecule has 1 heterocycles. The van der Waals surface area contributed by atoms with Gasteiger partial charge in [0.05, 0.1) is 12.3 Å². The van der Waals surface area contributed by atoms with Crippen molar-refractivity contribution in [1.82, 2.24) is 9.21 Å². The predicted octanol–water partition coefficient (Wildman–Crippen LogP) is 1.81. The lowest BCUT2D eigenvalue weighted by atomic mass is 10.0. The zero-order valence-corrected chi connectivity index (χ0v) is 15.4. The van der Waals surface area contributed by atoms with Gasteiger partial charge >= 0.3 is 5.97 Å². The zero-order valence-electron chi connectivity index (χ0n) is 13.8. The van der Waals surface area contributed by atoms with Crippen molar-refractivity contribution in [3.8, 4) is 0 Å². The Morgan fingerprint density at radius 3 is 2.33 bits per heavy atom. The van der Waals surface area contributed by atoms with E-state index in [1.165, 1.54) is 4.31 Å². The van der Waals surface area contributed by atoms with E-state index in [0.29, 0.717) is 32.5 Å². The molecule has 0 radical (unpaired) electrons. The average Bonchev–Trinajstić information content (AvgIpc) is 2.55. The quantitative estimate of drug-likeness (QED) is 0.785. The number of carbonyl (C=O) groups is 1. The van der Waals surface area contributed by atoms with Crippen LogP contribution in [-0.4, -0.2) is 60.1 Å². The summed E-state index contributed by atoms with van der Waals surface area (Å²) in [6.07, 6.45) is 1.33. The first kappa shape index (κ1) is 20.9. The standard InChI is InChI=1S/C16H24N2O4S.ClH/c1-2-23(21,22)18-10-8-15(9-11-18)17(13-16(19)20)12-14-6-4-3-5-7-14;/h3-7,15H,2,8-13H2,1H3,(H,19,20);1H. The third kappa shape index (κ3) is 5.73. The molecule has 1 aliphatic rings.